The van der Waals surface area contributed by atoms with Gasteiger partial charge in [-0.25, -0.2) is 0 Å². The van der Waals surface area contributed by atoms with Gasteiger partial charge < -0.3 is 14.3 Å². The van der Waals surface area contributed by atoms with Crippen molar-refractivity contribution in [2.45, 2.75) is 20.3 Å². The smallest absolute Gasteiger partial charge is 0.259 e. The normalized spacial score (nSPS) is 16.5. The van der Waals surface area contributed by atoms with Gasteiger partial charge in [0.15, 0.2) is 0 Å². The van der Waals surface area contributed by atoms with Crippen LogP contribution in [-0.4, -0.2) is 52.9 Å². The van der Waals surface area contributed by atoms with Crippen molar-refractivity contribution in [3.05, 3.63) is 89.8 Å². The summed E-state index contributed by atoms with van der Waals surface area (Å²) in [6.07, 6.45) is 2.29. The second-order valence-corrected chi connectivity index (χ2v) is 8.49. The van der Waals surface area contributed by atoms with E-state index in [9.17, 15) is 9.59 Å². The van der Waals surface area contributed by atoms with Crippen molar-refractivity contribution < 1.29 is 14.1 Å². The van der Waals surface area contributed by atoms with Crippen LogP contribution in [0.2, 0.25) is 0 Å². The fraction of sp³-hybridized carbons (Fsp3) is 0.296. The molecule has 1 aliphatic heterocycles. The molecular formula is C27H29N3O3. The summed E-state index contributed by atoms with van der Waals surface area (Å²) >= 11 is 0. The van der Waals surface area contributed by atoms with Crippen LogP contribution in [0.4, 0.5) is 0 Å². The van der Waals surface area contributed by atoms with Gasteiger partial charge in [0.25, 0.3) is 5.91 Å². The Bertz CT molecular complexity index is 1120. The van der Waals surface area contributed by atoms with Crippen LogP contribution >= 0.6 is 0 Å². The molecule has 170 valence electrons. The Labute approximate surface area is 194 Å². The van der Waals surface area contributed by atoms with Crippen LogP contribution in [0.1, 0.15) is 27.4 Å². The van der Waals surface area contributed by atoms with E-state index in [0.717, 1.165) is 16.7 Å². The van der Waals surface area contributed by atoms with Gasteiger partial charge in [-0.05, 0) is 37.0 Å². The maximum absolute atomic E-state index is 13.3. The first-order valence-electron chi connectivity index (χ1n) is 11.2. The molecule has 1 aromatic heterocycles. The minimum absolute atomic E-state index is 0.0519. The molecule has 2 amide bonds. The number of rotatable bonds is 6. The second-order valence-electron chi connectivity index (χ2n) is 8.49. The summed E-state index contributed by atoms with van der Waals surface area (Å²) in [5.74, 6) is 0.0866. The van der Waals surface area contributed by atoms with Crippen LogP contribution in [0.15, 0.2) is 71.8 Å². The molecule has 0 aliphatic carbocycles. The zero-order valence-corrected chi connectivity index (χ0v) is 19.2. The van der Waals surface area contributed by atoms with Crippen LogP contribution in [0.5, 0.6) is 0 Å². The molecule has 1 aliphatic rings. The van der Waals surface area contributed by atoms with Crippen LogP contribution in [-0.2, 0) is 11.2 Å². The predicted octanol–water partition coefficient (Wildman–Crippen LogP) is 4.29. The van der Waals surface area contributed by atoms with Crippen LogP contribution in [0, 0.1) is 19.8 Å². The molecule has 1 fully saturated rings. The molecule has 2 aromatic carbocycles. The van der Waals surface area contributed by atoms with Crippen molar-refractivity contribution in [2.75, 3.05) is 26.2 Å². The maximum atomic E-state index is 13.3. The van der Waals surface area contributed by atoms with Gasteiger partial charge in [-0.1, -0.05) is 65.8 Å². The number of hydrogen-bond donors (Lipinski definition) is 0. The van der Waals surface area contributed by atoms with Gasteiger partial charge >= 0.3 is 0 Å². The standard InChI is InChI=1S/C27H29N3O3/c1-4-14-29-15-16-30(27(32)25-19(2)28-33-20(25)3)18-24(26(29)31)17-21-10-12-23(13-11-21)22-8-6-5-7-9-22/h4-13,24H,1,14-18H2,2-3H3/t24-/m0/s1. The van der Waals surface area contributed by atoms with E-state index in [2.05, 4.69) is 48.1 Å². The first-order chi connectivity index (χ1) is 16.0. The van der Waals surface area contributed by atoms with Gasteiger partial charge in [-0.3, -0.25) is 9.59 Å². The molecule has 0 N–H and O–H groups in total. The van der Waals surface area contributed by atoms with Crippen LogP contribution in [0.3, 0.4) is 0 Å². The summed E-state index contributed by atoms with van der Waals surface area (Å²) in [6, 6.07) is 18.5. The summed E-state index contributed by atoms with van der Waals surface area (Å²) in [4.78, 5) is 30.2. The van der Waals surface area contributed by atoms with E-state index in [1.807, 2.05) is 18.2 Å². The molecule has 0 saturated carbocycles. The van der Waals surface area contributed by atoms with Crippen molar-refractivity contribution in [2.24, 2.45) is 5.92 Å². The van der Waals surface area contributed by atoms with E-state index in [-0.39, 0.29) is 17.7 Å². The Morgan fingerprint density at radius 1 is 1.09 bits per heavy atom. The summed E-state index contributed by atoms with van der Waals surface area (Å²) < 4.78 is 5.20. The highest BCUT2D eigenvalue weighted by Crippen LogP contribution is 2.24. The summed E-state index contributed by atoms with van der Waals surface area (Å²) in [7, 11) is 0. The number of aromatic nitrogens is 1. The Morgan fingerprint density at radius 2 is 1.79 bits per heavy atom. The third-order valence-corrected chi connectivity index (χ3v) is 6.17. The van der Waals surface area contributed by atoms with E-state index in [0.29, 0.717) is 49.6 Å². The molecule has 0 bridgehead atoms. The largest absolute Gasteiger partial charge is 0.361 e. The highest BCUT2D eigenvalue weighted by Gasteiger charge is 2.33. The van der Waals surface area contributed by atoms with Gasteiger partial charge in [0.1, 0.15) is 11.3 Å². The molecule has 3 aromatic rings. The summed E-state index contributed by atoms with van der Waals surface area (Å²) in [5, 5.41) is 3.92. The number of nitrogens with zero attached hydrogens (tertiary/aromatic N) is 3. The van der Waals surface area contributed by atoms with E-state index in [1.165, 1.54) is 0 Å². The Kier molecular flexibility index (Phi) is 6.73. The Morgan fingerprint density at radius 3 is 2.42 bits per heavy atom. The molecule has 1 atom stereocenters. The molecule has 4 rings (SSSR count). The minimum Gasteiger partial charge on any atom is -0.361 e. The molecule has 0 unspecified atom stereocenters. The lowest BCUT2D eigenvalue weighted by molar-refractivity contribution is -0.134. The number of aryl methyl sites for hydroxylation is 2. The number of hydrogen-bond acceptors (Lipinski definition) is 4. The van der Waals surface area contributed by atoms with E-state index in [1.54, 1.807) is 29.7 Å². The van der Waals surface area contributed by atoms with Crippen molar-refractivity contribution in [1.82, 2.24) is 15.0 Å². The summed E-state index contributed by atoms with van der Waals surface area (Å²) in [5.41, 5.74) is 4.42. The quantitative estimate of drug-likeness (QED) is 0.533. The lowest BCUT2D eigenvalue weighted by atomic mass is 9.95. The third-order valence-electron chi connectivity index (χ3n) is 6.17. The number of carbonyl (C=O) groups is 2. The van der Waals surface area contributed by atoms with Crippen LogP contribution in [0.25, 0.3) is 11.1 Å². The molecule has 2 heterocycles. The molecule has 6 heteroatoms. The molecule has 6 nitrogen and oxygen atoms in total. The van der Waals surface area contributed by atoms with Crippen molar-refractivity contribution in [3.63, 3.8) is 0 Å². The Hall–Kier alpha value is -3.67. The average Bonchev–Trinajstić information content (AvgIpc) is 3.09. The van der Waals surface area contributed by atoms with Crippen molar-refractivity contribution in [3.8, 4) is 11.1 Å². The lowest BCUT2D eigenvalue weighted by Crippen LogP contribution is -2.38. The lowest BCUT2D eigenvalue weighted by Gasteiger charge is -2.23. The fourth-order valence-electron chi connectivity index (χ4n) is 4.41. The zero-order valence-electron chi connectivity index (χ0n) is 19.2. The Balaban J connectivity index is 1.56. The van der Waals surface area contributed by atoms with E-state index < -0.39 is 0 Å². The minimum atomic E-state index is -0.334. The van der Waals surface area contributed by atoms with Gasteiger partial charge in [-0.15, -0.1) is 6.58 Å². The SMILES string of the molecule is C=CCN1CCN(C(=O)c2c(C)noc2C)C[C@H](Cc2ccc(-c3ccccc3)cc2)C1=O. The average molecular weight is 444 g/mol. The number of carbonyl (C=O) groups excluding carboxylic acids is 2. The van der Waals surface area contributed by atoms with Gasteiger partial charge in [-0.2, -0.15) is 0 Å². The topological polar surface area (TPSA) is 66.7 Å². The first kappa shape index (κ1) is 22.5. The zero-order chi connectivity index (χ0) is 23.4. The second kappa shape index (κ2) is 9.86. The van der Waals surface area contributed by atoms with E-state index in [4.69, 9.17) is 4.52 Å². The monoisotopic (exact) mass is 443 g/mol. The number of benzene rings is 2. The highest BCUT2D eigenvalue weighted by molar-refractivity contribution is 5.96. The van der Waals surface area contributed by atoms with Gasteiger partial charge in [0, 0.05) is 26.2 Å². The maximum Gasteiger partial charge on any atom is 0.259 e. The molecule has 0 radical (unpaired) electrons. The molecule has 33 heavy (non-hydrogen) atoms. The predicted molar refractivity (Wildman–Crippen MR) is 128 cm³/mol. The first-order valence-corrected chi connectivity index (χ1v) is 11.2. The molecule has 0 spiro atoms. The molecule has 1 saturated heterocycles. The van der Waals surface area contributed by atoms with E-state index >= 15 is 0 Å². The summed E-state index contributed by atoms with van der Waals surface area (Å²) in [6.45, 7) is 9.06. The van der Waals surface area contributed by atoms with Crippen LogP contribution < -0.4 is 0 Å². The van der Waals surface area contributed by atoms with Crippen molar-refractivity contribution >= 4 is 11.8 Å². The highest BCUT2D eigenvalue weighted by atomic mass is 16.5. The van der Waals surface area contributed by atoms with Gasteiger partial charge in [0.05, 0.1) is 11.6 Å². The fourth-order valence-corrected chi connectivity index (χ4v) is 4.41. The third kappa shape index (κ3) is 4.90. The molecular weight excluding hydrogens is 414 g/mol. The van der Waals surface area contributed by atoms with Gasteiger partial charge in [0.2, 0.25) is 5.91 Å². The number of amides is 2. The van der Waals surface area contributed by atoms with Crippen molar-refractivity contribution in [1.29, 1.82) is 0 Å².